The first-order valence-electron chi connectivity index (χ1n) is 5.22. The number of aromatic hydroxyl groups is 1. The number of phenolic OH excluding ortho intramolecular Hbond substituents is 1. The van der Waals surface area contributed by atoms with E-state index in [1.54, 1.807) is 36.4 Å². The van der Waals surface area contributed by atoms with Gasteiger partial charge in [0.05, 0.1) is 16.9 Å². The number of carbonyl (C=O) groups is 1. The quantitative estimate of drug-likeness (QED) is 0.747. The third-order valence-corrected chi connectivity index (χ3v) is 2.90. The second kappa shape index (κ2) is 5.10. The van der Waals surface area contributed by atoms with E-state index in [2.05, 4.69) is 21.2 Å². The fourth-order valence-electron chi connectivity index (χ4n) is 1.50. The molecule has 2 aromatic rings. The molecule has 0 spiro atoms. The number of amides is 1. The Labute approximate surface area is 113 Å². The molecule has 0 aromatic heterocycles. The van der Waals surface area contributed by atoms with E-state index < -0.39 is 5.91 Å². The lowest BCUT2D eigenvalue weighted by Crippen LogP contribution is -2.13. The van der Waals surface area contributed by atoms with Gasteiger partial charge in [0.25, 0.3) is 5.91 Å². The molecule has 0 aliphatic heterocycles. The number of hydrogen-bond acceptors (Lipinski definition) is 3. The van der Waals surface area contributed by atoms with Gasteiger partial charge in [0.2, 0.25) is 0 Å². The topological polar surface area (TPSA) is 75.3 Å². The Morgan fingerprint density at radius 3 is 2.61 bits per heavy atom. The highest BCUT2D eigenvalue weighted by molar-refractivity contribution is 9.10. The van der Waals surface area contributed by atoms with Gasteiger partial charge in [-0.15, -0.1) is 0 Å². The van der Waals surface area contributed by atoms with Gasteiger partial charge >= 0.3 is 0 Å². The van der Waals surface area contributed by atoms with E-state index in [9.17, 15) is 9.90 Å². The summed E-state index contributed by atoms with van der Waals surface area (Å²) in [6, 6.07) is 11.5. The SMILES string of the molecule is Nc1cc(Br)ccc1NC(=O)c1ccccc1O. The summed E-state index contributed by atoms with van der Waals surface area (Å²) in [7, 11) is 0. The molecule has 1 amide bonds. The summed E-state index contributed by atoms with van der Waals surface area (Å²) in [6.45, 7) is 0. The van der Waals surface area contributed by atoms with E-state index in [0.29, 0.717) is 11.4 Å². The first-order valence-corrected chi connectivity index (χ1v) is 6.01. The van der Waals surface area contributed by atoms with Crippen molar-refractivity contribution in [1.29, 1.82) is 0 Å². The van der Waals surface area contributed by atoms with Gasteiger partial charge in [0.15, 0.2) is 0 Å². The van der Waals surface area contributed by atoms with Crippen LogP contribution in [0.3, 0.4) is 0 Å². The Bertz CT molecular complexity index is 599. The number of phenols is 1. The van der Waals surface area contributed by atoms with Crippen LogP contribution in [0.25, 0.3) is 0 Å². The van der Waals surface area contributed by atoms with Crippen LogP contribution in [-0.2, 0) is 0 Å². The predicted molar refractivity (Wildman–Crippen MR) is 74.6 cm³/mol. The van der Waals surface area contributed by atoms with Crippen molar-refractivity contribution < 1.29 is 9.90 Å². The van der Waals surface area contributed by atoms with E-state index in [1.807, 2.05) is 0 Å². The van der Waals surface area contributed by atoms with E-state index in [-0.39, 0.29) is 11.3 Å². The minimum Gasteiger partial charge on any atom is -0.507 e. The Balaban J connectivity index is 2.24. The van der Waals surface area contributed by atoms with Gasteiger partial charge in [-0.1, -0.05) is 28.1 Å². The van der Waals surface area contributed by atoms with Crippen LogP contribution in [0.15, 0.2) is 46.9 Å². The van der Waals surface area contributed by atoms with Gasteiger partial charge in [-0.3, -0.25) is 4.79 Å². The van der Waals surface area contributed by atoms with Crippen molar-refractivity contribution >= 4 is 33.2 Å². The van der Waals surface area contributed by atoms with Crippen molar-refractivity contribution in [2.24, 2.45) is 0 Å². The van der Waals surface area contributed by atoms with Gasteiger partial charge in [-0.2, -0.15) is 0 Å². The highest BCUT2D eigenvalue weighted by atomic mass is 79.9. The molecule has 0 aliphatic carbocycles. The third-order valence-electron chi connectivity index (χ3n) is 2.41. The zero-order chi connectivity index (χ0) is 13.1. The Hall–Kier alpha value is -2.01. The summed E-state index contributed by atoms with van der Waals surface area (Å²) in [5, 5.41) is 12.2. The predicted octanol–water partition coefficient (Wildman–Crippen LogP) is 2.99. The average molecular weight is 307 g/mol. The smallest absolute Gasteiger partial charge is 0.259 e. The number of hydrogen-bond donors (Lipinski definition) is 3. The maximum Gasteiger partial charge on any atom is 0.259 e. The summed E-state index contributed by atoms with van der Waals surface area (Å²) >= 11 is 3.29. The largest absolute Gasteiger partial charge is 0.507 e. The molecule has 18 heavy (non-hydrogen) atoms. The van der Waals surface area contributed by atoms with E-state index in [1.165, 1.54) is 6.07 Å². The molecule has 0 saturated heterocycles. The lowest BCUT2D eigenvalue weighted by Gasteiger charge is -2.09. The number of benzene rings is 2. The number of rotatable bonds is 2. The molecule has 0 saturated carbocycles. The number of carbonyl (C=O) groups excluding carboxylic acids is 1. The molecule has 4 N–H and O–H groups in total. The normalized spacial score (nSPS) is 10.1. The van der Waals surface area contributed by atoms with Gasteiger partial charge in [0.1, 0.15) is 5.75 Å². The van der Waals surface area contributed by atoms with E-state index in [0.717, 1.165) is 4.47 Å². The molecule has 0 bridgehead atoms. The Morgan fingerprint density at radius 2 is 1.94 bits per heavy atom. The molecule has 0 aliphatic rings. The number of nitrogen functional groups attached to an aromatic ring is 1. The zero-order valence-corrected chi connectivity index (χ0v) is 10.9. The molecule has 0 fully saturated rings. The summed E-state index contributed by atoms with van der Waals surface area (Å²) in [5.74, 6) is -0.465. The number of nitrogens with two attached hydrogens (primary N) is 1. The number of nitrogens with one attached hydrogen (secondary N) is 1. The minimum absolute atomic E-state index is 0.0642. The molecule has 2 rings (SSSR count). The van der Waals surface area contributed by atoms with Crippen LogP contribution in [-0.4, -0.2) is 11.0 Å². The van der Waals surface area contributed by atoms with Gasteiger partial charge < -0.3 is 16.2 Å². The van der Waals surface area contributed by atoms with Crippen LogP contribution in [0.2, 0.25) is 0 Å². The number of halogens is 1. The third kappa shape index (κ3) is 2.62. The van der Waals surface area contributed by atoms with Crippen molar-refractivity contribution in [2.45, 2.75) is 0 Å². The maximum absolute atomic E-state index is 11.9. The van der Waals surface area contributed by atoms with Gasteiger partial charge in [-0.05, 0) is 30.3 Å². The molecule has 0 unspecified atom stereocenters. The fraction of sp³-hybridized carbons (Fsp3) is 0. The van der Waals surface area contributed by atoms with Crippen molar-refractivity contribution in [3.63, 3.8) is 0 Å². The first-order chi connectivity index (χ1) is 8.58. The minimum atomic E-state index is -0.401. The summed E-state index contributed by atoms with van der Waals surface area (Å²) < 4.78 is 0.834. The van der Waals surface area contributed by atoms with Crippen molar-refractivity contribution in [3.05, 3.63) is 52.5 Å². The number of para-hydroxylation sites is 1. The van der Waals surface area contributed by atoms with Crippen LogP contribution in [0.1, 0.15) is 10.4 Å². The highest BCUT2D eigenvalue weighted by Crippen LogP contribution is 2.24. The number of anilines is 2. The van der Waals surface area contributed by atoms with Crippen molar-refractivity contribution in [1.82, 2.24) is 0 Å². The van der Waals surface area contributed by atoms with E-state index in [4.69, 9.17) is 5.73 Å². The first kappa shape index (κ1) is 12.4. The second-order valence-corrected chi connectivity index (χ2v) is 4.62. The summed E-state index contributed by atoms with van der Waals surface area (Å²) in [5.41, 5.74) is 6.94. The molecule has 5 heteroatoms. The molecule has 4 nitrogen and oxygen atoms in total. The fourth-order valence-corrected chi connectivity index (χ4v) is 1.88. The van der Waals surface area contributed by atoms with Crippen LogP contribution in [0, 0.1) is 0 Å². The second-order valence-electron chi connectivity index (χ2n) is 3.70. The van der Waals surface area contributed by atoms with E-state index >= 15 is 0 Å². The van der Waals surface area contributed by atoms with Gasteiger partial charge in [0, 0.05) is 4.47 Å². The Morgan fingerprint density at radius 1 is 1.22 bits per heavy atom. The average Bonchev–Trinajstić information content (AvgIpc) is 2.33. The summed E-state index contributed by atoms with van der Waals surface area (Å²) in [4.78, 5) is 11.9. The molecule has 0 heterocycles. The lowest BCUT2D eigenvalue weighted by molar-refractivity contribution is 0.102. The van der Waals surface area contributed by atoms with Crippen LogP contribution < -0.4 is 11.1 Å². The van der Waals surface area contributed by atoms with Crippen molar-refractivity contribution in [2.75, 3.05) is 11.1 Å². The van der Waals surface area contributed by atoms with Crippen LogP contribution >= 0.6 is 15.9 Å². The Kier molecular flexibility index (Phi) is 3.53. The maximum atomic E-state index is 11.9. The highest BCUT2D eigenvalue weighted by Gasteiger charge is 2.11. The molecule has 92 valence electrons. The molecule has 0 atom stereocenters. The molecular formula is C13H11BrN2O2. The van der Waals surface area contributed by atoms with Crippen LogP contribution in [0.4, 0.5) is 11.4 Å². The standard InChI is InChI=1S/C13H11BrN2O2/c14-8-5-6-11(10(15)7-8)16-13(18)9-3-1-2-4-12(9)17/h1-7,17H,15H2,(H,16,18). The summed E-state index contributed by atoms with van der Waals surface area (Å²) in [6.07, 6.45) is 0. The lowest BCUT2D eigenvalue weighted by atomic mass is 10.2. The molecular weight excluding hydrogens is 296 g/mol. The molecule has 0 radical (unpaired) electrons. The molecule has 2 aromatic carbocycles. The van der Waals surface area contributed by atoms with Crippen molar-refractivity contribution in [3.8, 4) is 5.75 Å². The van der Waals surface area contributed by atoms with Gasteiger partial charge in [-0.25, -0.2) is 0 Å². The van der Waals surface area contributed by atoms with Crippen LogP contribution in [0.5, 0.6) is 5.75 Å². The monoisotopic (exact) mass is 306 g/mol. The zero-order valence-electron chi connectivity index (χ0n) is 9.35.